The Morgan fingerprint density at radius 2 is 1.82 bits per heavy atom. The molecule has 0 saturated heterocycles. The smallest absolute Gasteiger partial charge is 0.0494 e. The monoisotopic (exact) mass is 349 g/mol. The molecule has 1 N–H and O–H groups in total. The highest BCUT2D eigenvalue weighted by Crippen LogP contribution is 2.28. The molecule has 0 amide bonds. The Kier molecular flexibility index (Phi) is 4.36. The molecule has 0 aliphatic rings. The van der Waals surface area contributed by atoms with Gasteiger partial charge in [0.25, 0.3) is 0 Å². The van der Waals surface area contributed by atoms with Crippen LogP contribution in [0.5, 0.6) is 0 Å². The van der Waals surface area contributed by atoms with E-state index in [1.807, 2.05) is 12.1 Å². The van der Waals surface area contributed by atoms with Crippen molar-refractivity contribution in [2.75, 3.05) is 5.32 Å². The van der Waals surface area contributed by atoms with Gasteiger partial charge in [0.1, 0.15) is 0 Å². The summed E-state index contributed by atoms with van der Waals surface area (Å²) >= 11 is 17.1. The van der Waals surface area contributed by atoms with E-state index < -0.39 is 0 Å². The van der Waals surface area contributed by atoms with Gasteiger partial charge in [0, 0.05) is 36.5 Å². The lowest BCUT2D eigenvalue weighted by Crippen LogP contribution is -1.97. The number of rotatable bonds is 3. The normalized spacial score (nSPS) is 10.6. The number of halogens is 3. The van der Waals surface area contributed by atoms with Gasteiger partial charge in [0.15, 0.2) is 0 Å². The molecule has 90 valence electrons. The van der Waals surface area contributed by atoms with Crippen LogP contribution in [-0.4, -0.2) is 0 Å². The van der Waals surface area contributed by atoms with E-state index >= 15 is 0 Å². The van der Waals surface area contributed by atoms with Gasteiger partial charge in [-0.25, -0.2) is 0 Å². The Hall–Kier alpha value is -0.220. The number of nitrogens with one attached hydrogen (secondary N) is 1. The van der Waals surface area contributed by atoms with Crippen LogP contribution < -0.4 is 5.32 Å². The van der Waals surface area contributed by atoms with Gasteiger partial charge in [-0.1, -0.05) is 23.2 Å². The van der Waals surface area contributed by atoms with Crippen molar-refractivity contribution >= 4 is 56.2 Å². The standard InChI is InChI=1S/C12H10BrCl2NS/c1-7-12(13)5-11(17-7)6-16-10-3-8(14)2-9(15)4-10/h2-5,16H,6H2,1H3. The number of aryl methyl sites for hydroxylation is 1. The molecule has 1 aromatic carbocycles. The van der Waals surface area contributed by atoms with Crippen molar-refractivity contribution in [3.05, 3.63) is 48.5 Å². The first-order valence-corrected chi connectivity index (χ1v) is 7.36. The molecule has 17 heavy (non-hydrogen) atoms. The fraction of sp³-hybridized carbons (Fsp3) is 0.167. The van der Waals surface area contributed by atoms with Gasteiger partial charge in [-0.2, -0.15) is 0 Å². The molecule has 2 aromatic rings. The van der Waals surface area contributed by atoms with Crippen LogP contribution in [0.15, 0.2) is 28.7 Å². The molecule has 1 heterocycles. The van der Waals surface area contributed by atoms with Crippen molar-refractivity contribution in [3.8, 4) is 0 Å². The second kappa shape index (κ2) is 5.61. The van der Waals surface area contributed by atoms with Crippen LogP contribution in [0.2, 0.25) is 10.0 Å². The quantitative estimate of drug-likeness (QED) is 0.744. The number of hydrogen-bond acceptors (Lipinski definition) is 2. The predicted molar refractivity (Wildman–Crippen MR) is 80.5 cm³/mol. The number of hydrogen-bond donors (Lipinski definition) is 1. The fourth-order valence-electron chi connectivity index (χ4n) is 1.45. The summed E-state index contributed by atoms with van der Waals surface area (Å²) in [7, 11) is 0. The lowest BCUT2D eigenvalue weighted by atomic mass is 10.3. The Morgan fingerprint density at radius 3 is 2.35 bits per heavy atom. The van der Waals surface area contributed by atoms with Crippen molar-refractivity contribution in [2.45, 2.75) is 13.5 Å². The summed E-state index contributed by atoms with van der Waals surface area (Å²) in [5.74, 6) is 0. The minimum absolute atomic E-state index is 0.642. The van der Waals surface area contributed by atoms with E-state index in [9.17, 15) is 0 Å². The second-order valence-corrected chi connectivity index (χ2v) is 6.70. The Morgan fingerprint density at radius 1 is 1.18 bits per heavy atom. The Balaban J connectivity index is 2.07. The second-order valence-electron chi connectivity index (χ2n) is 3.63. The Labute approximate surface area is 123 Å². The Bertz CT molecular complexity index is 500. The van der Waals surface area contributed by atoms with Crippen molar-refractivity contribution in [1.82, 2.24) is 0 Å². The molecule has 5 heteroatoms. The van der Waals surface area contributed by atoms with Gasteiger partial charge in [-0.05, 0) is 47.1 Å². The predicted octanol–water partition coefficient (Wildman–Crippen LogP) is 5.74. The van der Waals surface area contributed by atoms with Crippen molar-refractivity contribution in [1.29, 1.82) is 0 Å². The minimum atomic E-state index is 0.642. The maximum atomic E-state index is 5.93. The molecule has 0 saturated carbocycles. The molecule has 0 unspecified atom stereocenters. The van der Waals surface area contributed by atoms with Crippen LogP contribution in [0.25, 0.3) is 0 Å². The molecule has 1 aromatic heterocycles. The SMILES string of the molecule is Cc1sc(CNc2cc(Cl)cc(Cl)c2)cc1Br. The molecule has 0 bridgehead atoms. The number of thiophene rings is 1. The highest BCUT2D eigenvalue weighted by Gasteiger charge is 2.03. The highest BCUT2D eigenvalue weighted by atomic mass is 79.9. The topological polar surface area (TPSA) is 12.0 Å². The van der Waals surface area contributed by atoms with E-state index in [1.54, 1.807) is 17.4 Å². The highest BCUT2D eigenvalue weighted by molar-refractivity contribution is 9.10. The summed E-state index contributed by atoms with van der Waals surface area (Å²) < 4.78 is 1.16. The van der Waals surface area contributed by atoms with E-state index in [-0.39, 0.29) is 0 Å². The first-order chi connectivity index (χ1) is 8.04. The third-order valence-electron chi connectivity index (χ3n) is 2.24. The maximum Gasteiger partial charge on any atom is 0.0494 e. The average Bonchev–Trinajstić information content (AvgIpc) is 2.54. The summed E-state index contributed by atoms with van der Waals surface area (Å²) in [5, 5.41) is 4.59. The van der Waals surface area contributed by atoms with E-state index in [2.05, 4.69) is 34.2 Å². The van der Waals surface area contributed by atoms with Crippen LogP contribution in [-0.2, 0) is 6.54 Å². The fourth-order valence-corrected chi connectivity index (χ4v) is 3.52. The summed E-state index contributed by atoms with van der Waals surface area (Å²) in [6.45, 7) is 2.86. The molecule has 0 aliphatic heterocycles. The lowest BCUT2D eigenvalue weighted by Gasteiger charge is -2.05. The van der Waals surface area contributed by atoms with Crippen LogP contribution in [0.4, 0.5) is 5.69 Å². The third-order valence-corrected chi connectivity index (χ3v) is 4.81. The molecule has 0 aliphatic carbocycles. The third kappa shape index (κ3) is 3.62. The van der Waals surface area contributed by atoms with E-state index in [0.29, 0.717) is 10.0 Å². The van der Waals surface area contributed by atoms with Gasteiger partial charge in [-0.3, -0.25) is 0 Å². The summed E-state index contributed by atoms with van der Waals surface area (Å²) in [6.07, 6.45) is 0. The van der Waals surface area contributed by atoms with Gasteiger partial charge in [0.2, 0.25) is 0 Å². The van der Waals surface area contributed by atoms with Crippen molar-refractivity contribution in [3.63, 3.8) is 0 Å². The first-order valence-electron chi connectivity index (χ1n) is 4.99. The van der Waals surface area contributed by atoms with Crippen LogP contribution in [0.3, 0.4) is 0 Å². The number of anilines is 1. The van der Waals surface area contributed by atoms with E-state index in [0.717, 1.165) is 16.7 Å². The summed E-state index contributed by atoms with van der Waals surface area (Å²) in [6, 6.07) is 7.57. The van der Waals surface area contributed by atoms with E-state index in [4.69, 9.17) is 23.2 Å². The van der Waals surface area contributed by atoms with Gasteiger partial charge in [-0.15, -0.1) is 11.3 Å². The lowest BCUT2D eigenvalue weighted by molar-refractivity contribution is 1.19. The van der Waals surface area contributed by atoms with Crippen LogP contribution >= 0.6 is 50.5 Å². The molecule has 0 fully saturated rings. The maximum absolute atomic E-state index is 5.93. The molecule has 0 spiro atoms. The van der Waals surface area contributed by atoms with Gasteiger partial charge < -0.3 is 5.32 Å². The van der Waals surface area contributed by atoms with Crippen molar-refractivity contribution in [2.24, 2.45) is 0 Å². The van der Waals surface area contributed by atoms with Crippen LogP contribution in [0, 0.1) is 6.92 Å². The summed E-state index contributed by atoms with van der Waals surface area (Å²) in [5.41, 5.74) is 0.935. The molecule has 0 atom stereocenters. The largest absolute Gasteiger partial charge is 0.380 e. The van der Waals surface area contributed by atoms with Gasteiger partial charge in [0.05, 0.1) is 0 Å². The molecular formula is C12H10BrCl2NS. The molecular weight excluding hydrogens is 341 g/mol. The van der Waals surface area contributed by atoms with E-state index in [1.165, 1.54) is 9.75 Å². The van der Waals surface area contributed by atoms with Crippen molar-refractivity contribution < 1.29 is 0 Å². The zero-order valence-electron chi connectivity index (χ0n) is 9.06. The minimum Gasteiger partial charge on any atom is -0.380 e. The van der Waals surface area contributed by atoms with Gasteiger partial charge >= 0.3 is 0 Å². The first kappa shape index (κ1) is 13.2. The number of benzene rings is 1. The summed E-state index contributed by atoms with van der Waals surface area (Å²) in [4.78, 5) is 2.55. The zero-order valence-corrected chi connectivity index (χ0v) is 13.0. The zero-order chi connectivity index (χ0) is 12.4. The average molecular weight is 351 g/mol. The molecule has 1 nitrogen and oxygen atoms in total. The van der Waals surface area contributed by atoms with Crippen LogP contribution in [0.1, 0.15) is 9.75 Å². The molecule has 2 rings (SSSR count). The molecule has 0 radical (unpaired) electrons.